The van der Waals surface area contributed by atoms with E-state index in [-0.39, 0.29) is 5.91 Å². The third-order valence-electron chi connectivity index (χ3n) is 6.42. The van der Waals surface area contributed by atoms with Gasteiger partial charge in [0.1, 0.15) is 11.1 Å². The van der Waals surface area contributed by atoms with E-state index in [0.29, 0.717) is 50.0 Å². The van der Waals surface area contributed by atoms with Crippen LogP contribution in [0.15, 0.2) is 105 Å². The fourth-order valence-corrected chi connectivity index (χ4v) is 4.49. The molecule has 6 nitrogen and oxygen atoms in total. The second-order valence-electron chi connectivity index (χ2n) is 8.89. The van der Waals surface area contributed by atoms with Crippen LogP contribution in [0.4, 0.5) is 5.69 Å². The summed E-state index contributed by atoms with van der Waals surface area (Å²) >= 11 is 6.39. The first-order valence-corrected chi connectivity index (χ1v) is 12.5. The van der Waals surface area contributed by atoms with Crippen LogP contribution in [0.25, 0.3) is 44.7 Å². The van der Waals surface area contributed by atoms with E-state index in [2.05, 4.69) is 17.2 Å². The highest BCUT2D eigenvalue weighted by atomic mass is 35.5. The van der Waals surface area contributed by atoms with Gasteiger partial charge in [-0.15, -0.1) is 0 Å². The van der Waals surface area contributed by atoms with Crippen LogP contribution in [0.2, 0.25) is 5.02 Å². The number of nitrogens with one attached hydrogen (secondary N) is 1. The Morgan fingerprint density at radius 2 is 1.66 bits per heavy atom. The molecule has 0 unspecified atom stereocenters. The normalized spacial score (nSPS) is 11.2. The molecule has 4 aromatic carbocycles. The molecule has 6 rings (SSSR count). The zero-order valence-electron chi connectivity index (χ0n) is 20.3. The van der Waals surface area contributed by atoms with Gasteiger partial charge in [0, 0.05) is 16.5 Å². The van der Waals surface area contributed by atoms with Crippen molar-refractivity contribution in [1.29, 1.82) is 0 Å². The summed E-state index contributed by atoms with van der Waals surface area (Å²) in [5.74, 6) is 0.102. The van der Waals surface area contributed by atoms with Gasteiger partial charge in [0.15, 0.2) is 5.58 Å². The Morgan fingerprint density at radius 3 is 2.47 bits per heavy atom. The van der Waals surface area contributed by atoms with Crippen molar-refractivity contribution >= 4 is 45.3 Å². The minimum absolute atomic E-state index is 0.341. The van der Waals surface area contributed by atoms with Gasteiger partial charge in [-0.1, -0.05) is 54.9 Å². The lowest BCUT2D eigenvalue weighted by molar-refractivity contribution is 0.102. The van der Waals surface area contributed by atoms with Crippen molar-refractivity contribution in [2.24, 2.45) is 0 Å². The fraction of sp³-hybridized carbons (Fsp3) is 0.0645. The number of anilines is 1. The van der Waals surface area contributed by atoms with Gasteiger partial charge in [0.2, 0.25) is 5.89 Å². The first-order chi connectivity index (χ1) is 18.5. The van der Waals surface area contributed by atoms with Gasteiger partial charge in [-0.2, -0.15) is 0 Å². The topological polar surface area (TPSA) is 85.3 Å². The molecule has 0 fully saturated rings. The van der Waals surface area contributed by atoms with Crippen molar-refractivity contribution in [3.8, 4) is 22.6 Å². The molecule has 0 radical (unpaired) electrons. The van der Waals surface area contributed by atoms with Gasteiger partial charge < -0.3 is 14.2 Å². The Kier molecular flexibility index (Phi) is 6.02. The number of fused-ring (bicyclic) bond motifs is 2. The molecule has 2 heterocycles. The third kappa shape index (κ3) is 4.46. The molecular formula is C31H21ClN2O4. The molecule has 0 spiro atoms. The molecule has 7 heteroatoms. The number of nitrogens with zero attached hydrogens (tertiary/aromatic N) is 1. The van der Waals surface area contributed by atoms with E-state index >= 15 is 0 Å². The summed E-state index contributed by atoms with van der Waals surface area (Å²) in [5, 5.41) is 4.07. The number of halogens is 1. The first-order valence-electron chi connectivity index (χ1n) is 12.1. The second kappa shape index (κ2) is 9.65. The van der Waals surface area contributed by atoms with Crippen LogP contribution in [0.3, 0.4) is 0 Å². The van der Waals surface area contributed by atoms with Gasteiger partial charge in [-0.25, -0.2) is 9.78 Å². The van der Waals surface area contributed by atoms with E-state index in [9.17, 15) is 9.59 Å². The fourth-order valence-electron chi connectivity index (χ4n) is 4.33. The van der Waals surface area contributed by atoms with E-state index in [0.717, 1.165) is 17.3 Å². The maximum Gasteiger partial charge on any atom is 0.344 e. The lowest BCUT2D eigenvalue weighted by atomic mass is 10.0. The van der Waals surface area contributed by atoms with Gasteiger partial charge in [0.25, 0.3) is 5.91 Å². The molecule has 0 saturated heterocycles. The minimum Gasteiger partial charge on any atom is -0.436 e. The second-order valence-corrected chi connectivity index (χ2v) is 9.29. The Hall–Kier alpha value is -4.68. The average molecular weight is 521 g/mol. The Morgan fingerprint density at radius 1 is 0.868 bits per heavy atom. The van der Waals surface area contributed by atoms with Crippen LogP contribution in [0.5, 0.6) is 0 Å². The number of aromatic nitrogens is 1. The molecule has 1 N–H and O–H groups in total. The molecular weight excluding hydrogens is 500 g/mol. The molecule has 1 amide bonds. The van der Waals surface area contributed by atoms with E-state index in [4.69, 9.17) is 20.4 Å². The van der Waals surface area contributed by atoms with Crippen LogP contribution in [-0.4, -0.2) is 10.9 Å². The molecule has 0 aliphatic rings. The number of carbonyl (C=O) groups excluding carboxylic acids is 1. The molecule has 186 valence electrons. The lowest BCUT2D eigenvalue weighted by Crippen LogP contribution is -2.12. The van der Waals surface area contributed by atoms with Crippen LogP contribution in [-0.2, 0) is 6.42 Å². The number of para-hydroxylation sites is 1. The van der Waals surface area contributed by atoms with Crippen molar-refractivity contribution < 1.29 is 13.6 Å². The quantitative estimate of drug-likeness (QED) is 0.235. The van der Waals surface area contributed by atoms with Crippen molar-refractivity contribution in [3.63, 3.8) is 0 Å². The number of carbonyl (C=O) groups is 1. The monoisotopic (exact) mass is 520 g/mol. The number of oxazole rings is 1. The van der Waals surface area contributed by atoms with Gasteiger partial charge >= 0.3 is 5.63 Å². The molecule has 38 heavy (non-hydrogen) atoms. The maximum absolute atomic E-state index is 13.0. The highest BCUT2D eigenvalue weighted by molar-refractivity contribution is 6.34. The number of benzene rings is 4. The van der Waals surface area contributed by atoms with Crippen LogP contribution < -0.4 is 10.9 Å². The van der Waals surface area contributed by atoms with E-state index in [1.807, 2.05) is 36.4 Å². The van der Waals surface area contributed by atoms with Crippen molar-refractivity contribution in [2.75, 3.05) is 5.32 Å². The highest BCUT2D eigenvalue weighted by Gasteiger charge is 2.15. The molecule has 0 saturated carbocycles. The molecule has 0 atom stereocenters. The van der Waals surface area contributed by atoms with Crippen molar-refractivity contribution in [2.45, 2.75) is 13.3 Å². The van der Waals surface area contributed by atoms with Crippen LogP contribution >= 0.6 is 11.6 Å². The summed E-state index contributed by atoms with van der Waals surface area (Å²) in [4.78, 5) is 30.1. The predicted octanol–water partition coefficient (Wildman–Crippen LogP) is 7.74. The summed E-state index contributed by atoms with van der Waals surface area (Å²) in [7, 11) is 0. The summed E-state index contributed by atoms with van der Waals surface area (Å²) < 4.78 is 11.4. The van der Waals surface area contributed by atoms with E-state index in [1.165, 1.54) is 5.56 Å². The van der Waals surface area contributed by atoms with Crippen molar-refractivity contribution in [1.82, 2.24) is 4.98 Å². The predicted molar refractivity (Wildman–Crippen MR) is 150 cm³/mol. The number of hydrogen-bond donors (Lipinski definition) is 1. The minimum atomic E-state index is -0.436. The van der Waals surface area contributed by atoms with Gasteiger partial charge in [0.05, 0.1) is 16.3 Å². The average Bonchev–Trinajstić information content (AvgIpc) is 3.37. The van der Waals surface area contributed by atoms with Crippen LogP contribution in [0.1, 0.15) is 22.8 Å². The zero-order valence-corrected chi connectivity index (χ0v) is 21.1. The lowest BCUT2D eigenvalue weighted by Gasteiger charge is -2.09. The molecule has 0 aliphatic carbocycles. The molecule has 2 aromatic heterocycles. The number of aryl methyl sites for hydroxylation is 1. The summed E-state index contributed by atoms with van der Waals surface area (Å²) in [6.07, 6.45) is 0.909. The Labute approximate surface area is 222 Å². The maximum atomic E-state index is 13.0. The Bertz CT molecular complexity index is 1890. The third-order valence-corrected chi connectivity index (χ3v) is 6.75. The number of amides is 1. The molecule has 0 aliphatic heterocycles. The summed E-state index contributed by atoms with van der Waals surface area (Å²) in [6.45, 7) is 2.09. The van der Waals surface area contributed by atoms with Crippen LogP contribution in [0, 0.1) is 0 Å². The highest BCUT2D eigenvalue weighted by Crippen LogP contribution is 2.31. The first kappa shape index (κ1) is 23.7. The summed E-state index contributed by atoms with van der Waals surface area (Å²) in [5.41, 5.74) is 5.36. The van der Waals surface area contributed by atoms with Gasteiger partial charge in [-0.3, -0.25) is 4.79 Å². The van der Waals surface area contributed by atoms with E-state index in [1.54, 1.807) is 54.6 Å². The summed E-state index contributed by atoms with van der Waals surface area (Å²) in [6, 6.07) is 27.0. The number of rotatable bonds is 5. The SMILES string of the molecule is CCc1ccc2oc(-c3ccc(Cl)c(NC(=O)c4ccc(-c5cc6ccccc6oc5=O)cc4)c3)nc2c1. The molecule has 6 aromatic rings. The van der Waals surface area contributed by atoms with Crippen molar-refractivity contribution in [3.05, 3.63) is 118 Å². The smallest absolute Gasteiger partial charge is 0.344 e. The standard InChI is InChI=1S/C31H21ClN2O4/c1-2-18-7-14-28-26(15-18)34-30(37-28)22-12-13-24(32)25(17-22)33-29(35)20-10-8-19(9-11-20)23-16-21-5-3-4-6-27(21)38-31(23)36/h3-17H,2H2,1H3,(H,33,35). The van der Waals surface area contributed by atoms with E-state index < -0.39 is 5.63 Å². The van der Waals surface area contributed by atoms with Gasteiger partial charge in [-0.05, 0) is 72.1 Å². The largest absolute Gasteiger partial charge is 0.436 e. The number of hydrogen-bond acceptors (Lipinski definition) is 5. The Balaban J connectivity index is 1.25. The molecule has 0 bridgehead atoms. The zero-order chi connectivity index (χ0) is 26.2.